The summed E-state index contributed by atoms with van der Waals surface area (Å²) in [4.78, 5) is 29.0. The van der Waals surface area contributed by atoms with Gasteiger partial charge in [-0.15, -0.1) is 11.3 Å². The average Bonchev–Trinajstić information content (AvgIpc) is 3.33. The highest BCUT2D eigenvalue weighted by Gasteiger charge is 2.18. The van der Waals surface area contributed by atoms with Gasteiger partial charge in [0.05, 0.1) is 4.90 Å². The molecule has 0 saturated heterocycles. The summed E-state index contributed by atoms with van der Waals surface area (Å²) >= 11 is 1.33. The lowest BCUT2D eigenvalue weighted by Gasteiger charge is -2.10. The van der Waals surface area contributed by atoms with Crippen molar-refractivity contribution >= 4 is 38.8 Å². The molecule has 1 aliphatic rings. The number of carbonyl (C=O) groups is 1. The third kappa shape index (κ3) is 5.11. The van der Waals surface area contributed by atoms with Gasteiger partial charge in [-0.05, 0) is 65.0 Å². The van der Waals surface area contributed by atoms with E-state index < -0.39 is 21.6 Å². The van der Waals surface area contributed by atoms with E-state index in [1.807, 2.05) is 0 Å². The number of carbonyl (C=O) groups excluding carboxylic acids is 1. The van der Waals surface area contributed by atoms with Crippen molar-refractivity contribution in [1.82, 2.24) is 24.5 Å². The average molecular weight is 476 g/mol. The van der Waals surface area contributed by atoms with E-state index in [1.54, 1.807) is 17.5 Å². The van der Waals surface area contributed by atoms with Gasteiger partial charge in [0.15, 0.2) is 0 Å². The molecule has 0 radical (unpaired) electrons. The fraction of sp³-hybridized carbons (Fsp3) is 0.316. The largest absolute Gasteiger partial charge is 0.369 e. The van der Waals surface area contributed by atoms with Gasteiger partial charge in [0.25, 0.3) is 10.0 Å². The first-order valence-electron chi connectivity index (χ1n) is 9.95. The summed E-state index contributed by atoms with van der Waals surface area (Å²) in [5.41, 5.74) is -0.143. The maximum Gasteiger partial charge on any atom is 0.369 e. The fourth-order valence-corrected chi connectivity index (χ4v) is 4.88. The summed E-state index contributed by atoms with van der Waals surface area (Å²) in [6.45, 7) is 0.290. The molecule has 0 saturated carbocycles. The van der Waals surface area contributed by atoms with Gasteiger partial charge >= 0.3 is 5.69 Å². The van der Waals surface area contributed by atoms with Gasteiger partial charge in [-0.1, -0.05) is 6.42 Å². The topological polar surface area (TPSA) is 140 Å². The number of amidine groups is 1. The van der Waals surface area contributed by atoms with E-state index in [4.69, 9.17) is 0 Å². The standard InChI is InChI=1S/C19H21N7O4S2/c27-17(13-25-19(28)26(24-23-25)18-6-4-12-31-18)21-14-7-9-15(10-8-14)32(29,30)22-16-5-2-1-3-11-20-16/h4,6-10,12H,1-3,5,11,13H2,(H,20,22)(H,21,27). The predicted molar refractivity (Wildman–Crippen MR) is 120 cm³/mol. The number of amides is 1. The Kier molecular flexibility index (Phi) is 6.46. The SMILES string of the molecule is O=C(Cn1nnn(-c2cccs2)c1=O)Nc1ccc(S(=O)(=O)NC2=NCCCCC2)cc1. The molecule has 3 heterocycles. The molecule has 1 amide bonds. The van der Waals surface area contributed by atoms with E-state index in [9.17, 15) is 18.0 Å². The van der Waals surface area contributed by atoms with Crippen LogP contribution in [0.25, 0.3) is 5.00 Å². The number of nitrogens with one attached hydrogen (secondary N) is 2. The maximum atomic E-state index is 12.6. The van der Waals surface area contributed by atoms with Crippen molar-refractivity contribution in [3.8, 4) is 5.00 Å². The Morgan fingerprint density at radius 3 is 2.66 bits per heavy atom. The van der Waals surface area contributed by atoms with E-state index in [1.165, 1.54) is 35.6 Å². The van der Waals surface area contributed by atoms with E-state index in [0.29, 0.717) is 29.5 Å². The Labute approximate surface area is 187 Å². The van der Waals surface area contributed by atoms with Gasteiger partial charge in [-0.3, -0.25) is 14.5 Å². The van der Waals surface area contributed by atoms with Gasteiger partial charge in [0.2, 0.25) is 5.91 Å². The van der Waals surface area contributed by atoms with Crippen LogP contribution in [-0.4, -0.2) is 46.5 Å². The van der Waals surface area contributed by atoms with Crippen molar-refractivity contribution in [3.63, 3.8) is 0 Å². The third-order valence-corrected chi connectivity index (χ3v) is 6.96. The zero-order valence-electron chi connectivity index (χ0n) is 17.0. The summed E-state index contributed by atoms with van der Waals surface area (Å²) in [6.07, 6.45) is 3.48. The molecule has 1 aromatic carbocycles. The summed E-state index contributed by atoms with van der Waals surface area (Å²) in [6, 6.07) is 9.25. The zero-order valence-corrected chi connectivity index (χ0v) is 18.6. The van der Waals surface area contributed by atoms with Crippen molar-refractivity contribution in [2.45, 2.75) is 37.1 Å². The molecule has 0 unspecified atom stereocenters. The number of thiophene rings is 1. The second kappa shape index (κ2) is 9.44. The second-order valence-corrected chi connectivity index (χ2v) is 9.71. The summed E-state index contributed by atoms with van der Waals surface area (Å²) < 4.78 is 29.8. The van der Waals surface area contributed by atoms with Crippen LogP contribution in [0.5, 0.6) is 0 Å². The molecular weight excluding hydrogens is 454 g/mol. The highest BCUT2D eigenvalue weighted by Crippen LogP contribution is 2.15. The van der Waals surface area contributed by atoms with Crippen molar-refractivity contribution in [3.05, 3.63) is 52.3 Å². The van der Waals surface area contributed by atoms with Gasteiger partial charge in [-0.2, -0.15) is 9.36 Å². The number of tetrazole rings is 1. The number of benzene rings is 1. The van der Waals surface area contributed by atoms with Crippen LogP contribution in [0.15, 0.2) is 56.5 Å². The molecule has 13 heteroatoms. The number of hydrogen-bond donors (Lipinski definition) is 2. The number of nitrogens with zero attached hydrogens (tertiary/aromatic N) is 5. The molecule has 0 spiro atoms. The molecule has 2 aromatic heterocycles. The van der Waals surface area contributed by atoms with Crippen molar-refractivity contribution in [1.29, 1.82) is 0 Å². The van der Waals surface area contributed by atoms with Gasteiger partial charge in [0, 0.05) is 18.7 Å². The van der Waals surface area contributed by atoms with Crippen molar-refractivity contribution < 1.29 is 13.2 Å². The molecular formula is C19H21N7O4S2. The van der Waals surface area contributed by atoms with Gasteiger partial charge < -0.3 is 5.32 Å². The number of rotatable bonds is 6. The first-order chi connectivity index (χ1) is 15.4. The number of aromatic nitrogens is 4. The Morgan fingerprint density at radius 1 is 1.09 bits per heavy atom. The van der Waals surface area contributed by atoms with Crippen molar-refractivity contribution in [2.24, 2.45) is 4.99 Å². The van der Waals surface area contributed by atoms with Crippen LogP contribution < -0.4 is 15.7 Å². The van der Waals surface area contributed by atoms with Crippen LogP contribution in [0.2, 0.25) is 0 Å². The van der Waals surface area contributed by atoms with Crippen LogP contribution >= 0.6 is 11.3 Å². The summed E-state index contributed by atoms with van der Waals surface area (Å²) in [5, 5.41) is 12.5. The molecule has 0 atom stereocenters. The fourth-order valence-electron chi connectivity index (χ4n) is 3.13. The molecule has 168 valence electrons. The molecule has 0 aliphatic carbocycles. The number of sulfonamides is 1. The van der Waals surface area contributed by atoms with Gasteiger partial charge in [0.1, 0.15) is 17.4 Å². The van der Waals surface area contributed by atoms with E-state index in [2.05, 4.69) is 25.5 Å². The predicted octanol–water partition coefficient (Wildman–Crippen LogP) is 1.38. The molecule has 3 aromatic rings. The molecule has 32 heavy (non-hydrogen) atoms. The Morgan fingerprint density at radius 2 is 1.91 bits per heavy atom. The number of anilines is 1. The molecule has 0 bridgehead atoms. The van der Waals surface area contributed by atoms with Crippen LogP contribution in [0, 0.1) is 0 Å². The smallest absolute Gasteiger partial charge is 0.324 e. The third-order valence-electron chi connectivity index (χ3n) is 4.72. The highest BCUT2D eigenvalue weighted by atomic mass is 32.2. The lowest BCUT2D eigenvalue weighted by molar-refractivity contribution is -0.117. The summed E-state index contributed by atoms with van der Waals surface area (Å²) in [5.74, 6) is -0.0206. The van der Waals surface area contributed by atoms with Crippen molar-refractivity contribution in [2.75, 3.05) is 11.9 Å². The van der Waals surface area contributed by atoms with Gasteiger partial charge in [-0.25, -0.2) is 13.2 Å². The van der Waals surface area contributed by atoms with E-state index in [0.717, 1.165) is 28.6 Å². The quantitative estimate of drug-likeness (QED) is 0.552. The Balaban J connectivity index is 1.39. The monoisotopic (exact) mass is 475 g/mol. The summed E-state index contributed by atoms with van der Waals surface area (Å²) in [7, 11) is -3.75. The lowest BCUT2D eigenvalue weighted by atomic mass is 10.2. The first-order valence-corrected chi connectivity index (χ1v) is 12.3. The number of hydrogen-bond acceptors (Lipinski definition) is 8. The molecule has 4 rings (SSSR count). The lowest BCUT2D eigenvalue weighted by Crippen LogP contribution is -2.30. The Hall–Kier alpha value is -3.32. The van der Waals surface area contributed by atoms with Crippen LogP contribution in [0.3, 0.4) is 0 Å². The zero-order chi connectivity index (χ0) is 22.6. The van der Waals surface area contributed by atoms with E-state index in [-0.39, 0.29) is 11.4 Å². The van der Waals surface area contributed by atoms with E-state index >= 15 is 0 Å². The van der Waals surface area contributed by atoms with Crippen LogP contribution in [0.4, 0.5) is 5.69 Å². The number of aliphatic imine (C=N–C) groups is 1. The molecule has 2 N–H and O–H groups in total. The molecule has 11 nitrogen and oxygen atoms in total. The van der Waals surface area contributed by atoms with Crippen LogP contribution in [-0.2, 0) is 21.4 Å². The molecule has 0 fully saturated rings. The maximum absolute atomic E-state index is 12.6. The molecule has 1 aliphatic heterocycles. The second-order valence-electron chi connectivity index (χ2n) is 7.10. The minimum atomic E-state index is -3.75. The highest BCUT2D eigenvalue weighted by molar-refractivity contribution is 7.90. The van der Waals surface area contributed by atoms with Crippen LogP contribution in [0.1, 0.15) is 25.7 Å². The normalized spacial score (nSPS) is 14.4. The minimum Gasteiger partial charge on any atom is -0.324 e. The minimum absolute atomic E-state index is 0.0672. The Bertz CT molecular complexity index is 1280. The first kappa shape index (κ1) is 21.9.